The zero-order valence-electron chi connectivity index (χ0n) is 4.28. The molecular formula is C4H4F4O. The fraction of sp³-hybridized carbons (Fsp3) is 0.750. The van der Waals surface area contributed by atoms with E-state index < -0.39 is 18.8 Å². The molecule has 0 aromatic rings. The van der Waals surface area contributed by atoms with Crippen molar-refractivity contribution < 1.29 is 22.4 Å². The number of carbonyl (C=O) groups is 1. The molecule has 0 aliphatic carbocycles. The summed E-state index contributed by atoms with van der Waals surface area (Å²) in [6.07, 6.45) is -5.39. The van der Waals surface area contributed by atoms with Gasteiger partial charge in [0.1, 0.15) is 6.29 Å². The van der Waals surface area contributed by atoms with Crippen LogP contribution in [0, 0.1) is 0 Å². The Morgan fingerprint density at radius 2 is 1.89 bits per heavy atom. The highest BCUT2D eigenvalue weighted by Gasteiger charge is 2.39. The lowest BCUT2D eigenvalue weighted by atomic mass is 10.3. The molecule has 0 rings (SSSR count). The van der Waals surface area contributed by atoms with E-state index >= 15 is 0 Å². The normalized spacial score (nSPS) is 12.1. The average Bonchev–Trinajstić information content (AvgIpc) is 1.65. The number of alkyl halides is 4. The first-order valence-electron chi connectivity index (χ1n) is 2.10. The van der Waals surface area contributed by atoms with Crippen molar-refractivity contribution in [2.24, 2.45) is 0 Å². The Labute approximate surface area is 48.7 Å². The molecule has 0 bridgehead atoms. The number of hydrogen-bond acceptors (Lipinski definition) is 1. The summed E-state index contributed by atoms with van der Waals surface area (Å²) in [5, 5.41) is 0. The Hall–Kier alpha value is -0.610. The minimum absolute atomic E-state index is 0.230. The van der Waals surface area contributed by atoms with Crippen LogP contribution in [0.4, 0.5) is 17.6 Å². The Kier molecular flexibility index (Phi) is 2.61. The van der Waals surface area contributed by atoms with Crippen molar-refractivity contribution in [3.63, 3.8) is 0 Å². The van der Waals surface area contributed by atoms with Gasteiger partial charge in [-0.05, 0) is 0 Å². The number of hydrogen-bond donors (Lipinski definition) is 0. The zero-order chi connectivity index (χ0) is 7.49. The molecule has 1 nitrogen and oxygen atoms in total. The Bertz CT molecular complexity index is 101. The van der Waals surface area contributed by atoms with Gasteiger partial charge in [-0.1, -0.05) is 0 Å². The second-order valence-electron chi connectivity index (χ2n) is 1.43. The molecule has 0 aliphatic rings. The van der Waals surface area contributed by atoms with E-state index in [-0.39, 0.29) is 6.29 Å². The van der Waals surface area contributed by atoms with E-state index in [4.69, 9.17) is 0 Å². The zero-order valence-corrected chi connectivity index (χ0v) is 4.28. The molecule has 9 heavy (non-hydrogen) atoms. The number of halogens is 4. The van der Waals surface area contributed by atoms with Crippen molar-refractivity contribution in [1.29, 1.82) is 0 Å². The number of carbonyl (C=O) groups excluding carboxylic acids is 1. The van der Waals surface area contributed by atoms with Crippen LogP contribution >= 0.6 is 0 Å². The van der Waals surface area contributed by atoms with Crippen molar-refractivity contribution in [2.45, 2.75) is 18.8 Å². The molecule has 0 fully saturated rings. The van der Waals surface area contributed by atoms with Crippen LogP contribution in [0.15, 0.2) is 0 Å². The van der Waals surface area contributed by atoms with E-state index in [1.54, 1.807) is 0 Å². The third kappa shape index (κ3) is 2.43. The Balaban J connectivity index is 3.84. The van der Waals surface area contributed by atoms with Crippen molar-refractivity contribution in [3.05, 3.63) is 0 Å². The molecule has 0 aromatic carbocycles. The summed E-state index contributed by atoms with van der Waals surface area (Å²) in [5.41, 5.74) is 0. The summed E-state index contributed by atoms with van der Waals surface area (Å²) in [4.78, 5) is 9.31. The molecule has 5 heteroatoms. The third-order valence-electron chi connectivity index (χ3n) is 0.675. The second-order valence-corrected chi connectivity index (χ2v) is 1.43. The molecule has 0 saturated carbocycles. The first-order valence-corrected chi connectivity index (χ1v) is 2.10. The first-order chi connectivity index (χ1) is 4.00. The van der Waals surface area contributed by atoms with Crippen molar-refractivity contribution in [3.8, 4) is 0 Å². The maximum Gasteiger partial charge on any atom is 0.314 e. The quantitative estimate of drug-likeness (QED) is 0.433. The maximum absolute atomic E-state index is 11.6. The van der Waals surface area contributed by atoms with Crippen LogP contribution in [0.3, 0.4) is 0 Å². The SMILES string of the molecule is O=CCC(F)(F)C(F)F. The van der Waals surface area contributed by atoms with E-state index in [9.17, 15) is 22.4 Å². The lowest BCUT2D eigenvalue weighted by Gasteiger charge is -2.09. The van der Waals surface area contributed by atoms with Gasteiger partial charge in [0, 0.05) is 0 Å². The largest absolute Gasteiger partial charge is 0.314 e. The highest BCUT2D eigenvalue weighted by atomic mass is 19.3. The topological polar surface area (TPSA) is 17.1 Å². The van der Waals surface area contributed by atoms with Crippen LogP contribution in [-0.2, 0) is 4.79 Å². The fourth-order valence-electron chi connectivity index (χ4n) is 0.200. The first kappa shape index (κ1) is 8.39. The van der Waals surface area contributed by atoms with Gasteiger partial charge in [-0.25, -0.2) is 8.78 Å². The minimum atomic E-state index is -4.15. The van der Waals surface area contributed by atoms with Gasteiger partial charge in [0.25, 0.3) is 0 Å². The fourth-order valence-corrected chi connectivity index (χ4v) is 0.200. The van der Waals surface area contributed by atoms with Gasteiger partial charge in [-0.15, -0.1) is 0 Å². The van der Waals surface area contributed by atoms with Gasteiger partial charge in [0.15, 0.2) is 0 Å². The van der Waals surface area contributed by atoms with Gasteiger partial charge in [0.05, 0.1) is 6.42 Å². The van der Waals surface area contributed by atoms with Crippen LogP contribution in [0.1, 0.15) is 6.42 Å². The lowest BCUT2D eigenvalue weighted by Crippen LogP contribution is -2.26. The summed E-state index contributed by atoms with van der Waals surface area (Å²) >= 11 is 0. The maximum atomic E-state index is 11.6. The van der Waals surface area contributed by atoms with E-state index in [1.807, 2.05) is 0 Å². The summed E-state index contributed by atoms with van der Waals surface area (Å²) in [7, 11) is 0. The van der Waals surface area contributed by atoms with E-state index in [2.05, 4.69) is 0 Å². The molecule has 0 heterocycles. The highest BCUT2D eigenvalue weighted by molar-refractivity contribution is 5.50. The Morgan fingerprint density at radius 1 is 1.44 bits per heavy atom. The Morgan fingerprint density at radius 3 is 2.00 bits per heavy atom. The molecule has 54 valence electrons. The molecule has 0 aliphatic heterocycles. The smallest absolute Gasteiger partial charge is 0.303 e. The van der Waals surface area contributed by atoms with Gasteiger partial charge < -0.3 is 4.79 Å². The van der Waals surface area contributed by atoms with Gasteiger partial charge >= 0.3 is 12.3 Å². The van der Waals surface area contributed by atoms with Gasteiger partial charge in [0.2, 0.25) is 0 Å². The molecule has 0 saturated heterocycles. The summed E-state index contributed by atoms with van der Waals surface area (Å²) in [5.74, 6) is -4.15. The molecular weight excluding hydrogens is 140 g/mol. The predicted molar refractivity (Wildman–Crippen MR) is 21.6 cm³/mol. The molecule has 0 spiro atoms. The van der Waals surface area contributed by atoms with Crippen LogP contribution in [0.25, 0.3) is 0 Å². The lowest BCUT2D eigenvalue weighted by molar-refractivity contribution is -0.142. The minimum Gasteiger partial charge on any atom is -0.303 e. The van der Waals surface area contributed by atoms with E-state index in [0.717, 1.165) is 0 Å². The number of rotatable bonds is 3. The van der Waals surface area contributed by atoms with Crippen LogP contribution in [-0.4, -0.2) is 18.6 Å². The van der Waals surface area contributed by atoms with Crippen LogP contribution < -0.4 is 0 Å². The monoisotopic (exact) mass is 144 g/mol. The van der Waals surface area contributed by atoms with Gasteiger partial charge in [-0.2, -0.15) is 8.78 Å². The molecule has 0 unspecified atom stereocenters. The molecule has 0 atom stereocenters. The second kappa shape index (κ2) is 2.80. The van der Waals surface area contributed by atoms with Crippen molar-refractivity contribution in [1.82, 2.24) is 0 Å². The standard InChI is InChI=1S/C4H4F4O/c5-3(6)4(7,8)1-2-9/h2-3H,1H2. The number of aldehydes is 1. The third-order valence-corrected chi connectivity index (χ3v) is 0.675. The van der Waals surface area contributed by atoms with E-state index in [1.165, 1.54) is 0 Å². The average molecular weight is 144 g/mol. The molecule has 0 N–H and O–H groups in total. The summed E-state index contributed by atoms with van der Waals surface area (Å²) in [6.45, 7) is 0. The summed E-state index contributed by atoms with van der Waals surface area (Å²) < 4.78 is 45.3. The molecule has 0 radical (unpaired) electrons. The molecule has 0 aromatic heterocycles. The molecule has 0 amide bonds. The van der Waals surface area contributed by atoms with Crippen molar-refractivity contribution >= 4 is 6.29 Å². The predicted octanol–water partition coefficient (Wildman–Crippen LogP) is 1.48. The van der Waals surface area contributed by atoms with Crippen LogP contribution in [0.5, 0.6) is 0 Å². The van der Waals surface area contributed by atoms with Crippen LogP contribution in [0.2, 0.25) is 0 Å². The van der Waals surface area contributed by atoms with Crippen molar-refractivity contribution in [2.75, 3.05) is 0 Å². The highest BCUT2D eigenvalue weighted by Crippen LogP contribution is 2.24. The summed E-state index contributed by atoms with van der Waals surface area (Å²) in [6, 6.07) is 0. The van der Waals surface area contributed by atoms with E-state index in [0.29, 0.717) is 0 Å². The van der Waals surface area contributed by atoms with Gasteiger partial charge in [-0.3, -0.25) is 0 Å².